The highest BCUT2D eigenvalue weighted by atomic mass is 35.5. The number of amides is 2. The van der Waals surface area contributed by atoms with Crippen LogP contribution >= 0.6 is 23.2 Å². The lowest BCUT2D eigenvalue weighted by molar-refractivity contribution is 0.102. The van der Waals surface area contributed by atoms with Crippen molar-refractivity contribution in [3.8, 4) is 0 Å². The normalized spacial score (nSPS) is 17.3. The first-order valence-corrected chi connectivity index (χ1v) is 8.06. The minimum atomic E-state index is -0.642. The molecule has 1 aliphatic heterocycles. The quantitative estimate of drug-likeness (QED) is 0.791. The van der Waals surface area contributed by atoms with Gasteiger partial charge in [0.15, 0.2) is 5.78 Å². The second kappa shape index (κ2) is 6.67. The molecule has 2 aromatic rings. The van der Waals surface area contributed by atoms with Gasteiger partial charge in [-0.1, -0.05) is 59.6 Å². The first-order valence-electron chi connectivity index (χ1n) is 7.30. The molecular weight excluding hydrogens is 347 g/mol. The van der Waals surface area contributed by atoms with Gasteiger partial charge in [-0.25, -0.2) is 4.79 Å². The highest BCUT2D eigenvalue weighted by Crippen LogP contribution is 2.34. The minimum absolute atomic E-state index is 0.170. The first-order chi connectivity index (χ1) is 11.5. The summed E-state index contributed by atoms with van der Waals surface area (Å²) >= 11 is 12.2. The lowest BCUT2D eigenvalue weighted by Gasteiger charge is -2.29. The zero-order valence-corrected chi connectivity index (χ0v) is 14.3. The molecule has 2 amide bonds. The molecule has 0 aliphatic carbocycles. The molecule has 0 saturated heterocycles. The summed E-state index contributed by atoms with van der Waals surface area (Å²) < 4.78 is 0. The van der Waals surface area contributed by atoms with Crippen LogP contribution in [0.5, 0.6) is 0 Å². The van der Waals surface area contributed by atoms with Gasteiger partial charge < -0.3 is 10.6 Å². The molecule has 1 aliphatic rings. The van der Waals surface area contributed by atoms with Gasteiger partial charge in [0, 0.05) is 26.9 Å². The van der Waals surface area contributed by atoms with E-state index in [1.165, 1.54) is 0 Å². The van der Waals surface area contributed by atoms with E-state index in [0.29, 0.717) is 32.4 Å². The van der Waals surface area contributed by atoms with Crippen LogP contribution in [-0.4, -0.2) is 11.8 Å². The number of rotatable bonds is 3. The Kier molecular flexibility index (Phi) is 4.60. The maximum atomic E-state index is 13.0. The number of halogens is 2. The molecule has 2 aromatic carbocycles. The summed E-state index contributed by atoms with van der Waals surface area (Å²) in [5.41, 5.74) is 2.11. The highest BCUT2D eigenvalue weighted by molar-refractivity contribution is 6.35. The molecule has 122 valence electrons. The average molecular weight is 361 g/mol. The van der Waals surface area contributed by atoms with Crippen LogP contribution in [0.2, 0.25) is 10.0 Å². The van der Waals surface area contributed by atoms with Crippen LogP contribution in [0.1, 0.15) is 28.9 Å². The zero-order chi connectivity index (χ0) is 17.3. The van der Waals surface area contributed by atoms with Crippen LogP contribution in [-0.2, 0) is 0 Å². The Labute approximate surface area is 149 Å². The number of urea groups is 1. The number of hydrogen-bond donors (Lipinski definition) is 2. The Balaban J connectivity index is 2.10. The third-order valence-corrected chi connectivity index (χ3v) is 4.39. The van der Waals surface area contributed by atoms with Crippen LogP contribution in [0.25, 0.3) is 0 Å². The molecular formula is C18H14Cl2N2O2. The number of Topliss-reactive ketones (excluding diaryl/α,β-unsaturated/α-hetero) is 1. The van der Waals surface area contributed by atoms with E-state index in [9.17, 15) is 9.59 Å². The standard InChI is InChI=1S/C18H14Cl2N2O2/c1-10-15(17(23)11-5-3-2-4-6-11)16(22-18(24)21-10)13-8-7-12(19)9-14(13)20/h2-9,16H,1H3,(H2,21,22,24). The van der Waals surface area contributed by atoms with E-state index in [-0.39, 0.29) is 11.8 Å². The van der Waals surface area contributed by atoms with Crippen molar-refractivity contribution in [1.29, 1.82) is 0 Å². The fourth-order valence-electron chi connectivity index (χ4n) is 2.71. The van der Waals surface area contributed by atoms with Gasteiger partial charge >= 0.3 is 6.03 Å². The number of carbonyl (C=O) groups is 2. The molecule has 1 atom stereocenters. The van der Waals surface area contributed by atoms with Gasteiger partial charge in [-0.15, -0.1) is 0 Å². The molecule has 4 nitrogen and oxygen atoms in total. The van der Waals surface area contributed by atoms with E-state index in [1.54, 1.807) is 49.4 Å². The number of ketones is 1. The van der Waals surface area contributed by atoms with Gasteiger partial charge in [0.25, 0.3) is 0 Å². The maximum Gasteiger partial charge on any atom is 0.319 e. The van der Waals surface area contributed by atoms with Crippen LogP contribution < -0.4 is 10.6 Å². The predicted molar refractivity (Wildman–Crippen MR) is 94.3 cm³/mol. The van der Waals surface area contributed by atoms with Crippen LogP contribution in [0.15, 0.2) is 59.8 Å². The Morgan fingerprint density at radius 1 is 1.08 bits per heavy atom. The van der Waals surface area contributed by atoms with Crippen LogP contribution in [0.4, 0.5) is 4.79 Å². The largest absolute Gasteiger partial charge is 0.327 e. The fraction of sp³-hybridized carbons (Fsp3) is 0.111. The third-order valence-electron chi connectivity index (χ3n) is 3.82. The molecule has 6 heteroatoms. The molecule has 0 spiro atoms. The van der Waals surface area contributed by atoms with Crippen molar-refractivity contribution in [1.82, 2.24) is 10.6 Å². The summed E-state index contributed by atoms with van der Waals surface area (Å²) in [4.78, 5) is 24.9. The number of allylic oxidation sites excluding steroid dienone is 1. The van der Waals surface area contributed by atoms with E-state index >= 15 is 0 Å². The van der Waals surface area contributed by atoms with E-state index in [0.717, 1.165) is 0 Å². The lowest BCUT2D eigenvalue weighted by Crippen LogP contribution is -2.45. The Morgan fingerprint density at radius 2 is 1.79 bits per heavy atom. The van der Waals surface area contributed by atoms with E-state index in [1.807, 2.05) is 6.07 Å². The SMILES string of the molecule is CC1=C(C(=O)c2ccccc2)C(c2ccc(Cl)cc2Cl)NC(=O)N1. The van der Waals surface area contributed by atoms with Crippen molar-refractivity contribution in [2.24, 2.45) is 0 Å². The second-order valence-electron chi connectivity index (χ2n) is 5.43. The summed E-state index contributed by atoms with van der Waals surface area (Å²) in [6.07, 6.45) is 0. The molecule has 0 saturated carbocycles. The van der Waals surface area contributed by atoms with Gasteiger partial charge in [0.05, 0.1) is 6.04 Å². The first kappa shape index (κ1) is 16.6. The summed E-state index contributed by atoms with van der Waals surface area (Å²) in [6, 6.07) is 12.9. The summed E-state index contributed by atoms with van der Waals surface area (Å²) in [6.45, 7) is 1.70. The summed E-state index contributed by atoms with van der Waals surface area (Å²) in [7, 11) is 0. The fourth-order valence-corrected chi connectivity index (χ4v) is 3.23. The van der Waals surface area contributed by atoms with Gasteiger partial charge in [0.2, 0.25) is 0 Å². The van der Waals surface area contributed by atoms with Crippen LogP contribution in [0, 0.1) is 0 Å². The van der Waals surface area contributed by atoms with Gasteiger partial charge in [-0.05, 0) is 24.6 Å². The molecule has 0 fully saturated rings. The predicted octanol–water partition coefficient (Wildman–Crippen LogP) is 4.50. The van der Waals surface area contributed by atoms with Crippen molar-refractivity contribution in [3.05, 3.63) is 81.0 Å². The Hall–Kier alpha value is -2.30. The molecule has 1 heterocycles. The van der Waals surface area contributed by atoms with Crippen molar-refractivity contribution in [2.75, 3.05) is 0 Å². The third kappa shape index (κ3) is 3.16. The van der Waals surface area contributed by atoms with E-state index < -0.39 is 6.04 Å². The van der Waals surface area contributed by atoms with E-state index in [4.69, 9.17) is 23.2 Å². The number of hydrogen-bond acceptors (Lipinski definition) is 2. The Bertz CT molecular complexity index is 847. The van der Waals surface area contributed by atoms with Gasteiger partial charge in [-0.2, -0.15) is 0 Å². The van der Waals surface area contributed by atoms with Crippen molar-refractivity contribution < 1.29 is 9.59 Å². The van der Waals surface area contributed by atoms with Crippen molar-refractivity contribution in [2.45, 2.75) is 13.0 Å². The topological polar surface area (TPSA) is 58.2 Å². The van der Waals surface area contributed by atoms with Gasteiger partial charge in [0.1, 0.15) is 0 Å². The van der Waals surface area contributed by atoms with E-state index in [2.05, 4.69) is 10.6 Å². The van der Waals surface area contributed by atoms with Gasteiger partial charge in [-0.3, -0.25) is 4.79 Å². The zero-order valence-electron chi connectivity index (χ0n) is 12.8. The monoisotopic (exact) mass is 360 g/mol. The molecule has 0 aromatic heterocycles. The average Bonchev–Trinajstić information content (AvgIpc) is 2.54. The molecule has 1 unspecified atom stereocenters. The minimum Gasteiger partial charge on any atom is -0.327 e. The molecule has 0 bridgehead atoms. The Morgan fingerprint density at radius 3 is 2.46 bits per heavy atom. The summed E-state index contributed by atoms with van der Waals surface area (Å²) in [5, 5.41) is 6.29. The summed E-state index contributed by atoms with van der Waals surface area (Å²) in [5.74, 6) is -0.170. The maximum absolute atomic E-state index is 13.0. The number of nitrogens with one attached hydrogen (secondary N) is 2. The highest BCUT2D eigenvalue weighted by Gasteiger charge is 2.32. The number of benzene rings is 2. The molecule has 0 radical (unpaired) electrons. The van der Waals surface area contributed by atoms with Crippen molar-refractivity contribution in [3.63, 3.8) is 0 Å². The smallest absolute Gasteiger partial charge is 0.319 e. The lowest BCUT2D eigenvalue weighted by atomic mass is 9.89. The molecule has 3 rings (SSSR count). The van der Waals surface area contributed by atoms with Crippen molar-refractivity contribution >= 4 is 35.0 Å². The van der Waals surface area contributed by atoms with Crippen LogP contribution in [0.3, 0.4) is 0 Å². The molecule has 2 N–H and O–H groups in total. The second-order valence-corrected chi connectivity index (χ2v) is 6.27. The molecule has 24 heavy (non-hydrogen) atoms. The number of carbonyl (C=O) groups excluding carboxylic acids is 2.